The number of carbonyl (C=O) groups is 2. The lowest BCUT2D eigenvalue weighted by molar-refractivity contribution is -0.106. The van der Waals surface area contributed by atoms with E-state index in [2.05, 4.69) is 0 Å². The molecule has 2 aromatic carbocycles. The molecule has 0 fully saturated rings. The summed E-state index contributed by atoms with van der Waals surface area (Å²) in [5.74, 6) is -1.13. The van der Waals surface area contributed by atoms with Crippen LogP contribution in [0.2, 0.25) is 10.0 Å². The van der Waals surface area contributed by atoms with Crippen molar-refractivity contribution < 1.29 is 28.5 Å². The predicted molar refractivity (Wildman–Crippen MR) is 100 cm³/mol. The molecule has 0 aliphatic rings. The molecule has 0 saturated carbocycles. The van der Waals surface area contributed by atoms with Gasteiger partial charge in [0.05, 0.1) is 11.1 Å². The molecule has 0 aliphatic carbocycles. The van der Waals surface area contributed by atoms with Crippen LogP contribution in [0.3, 0.4) is 0 Å². The zero-order valence-electron chi connectivity index (χ0n) is 14.5. The Morgan fingerprint density at radius 2 is 1.37 bits per heavy atom. The van der Waals surface area contributed by atoms with Crippen LogP contribution in [-0.2, 0) is 18.9 Å². The van der Waals surface area contributed by atoms with Crippen molar-refractivity contribution in [3.05, 3.63) is 69.7 Å². The summed E-state index contributed by atoms with van der Waals surface area (Å²) in [6, 6.07) is 12.7. The highest BCUT2D eigenvalue weighted by Gasteiger charge is 2.17. The molecular formula is C19H18Cl2O6. The van der Waals surface area contributed by atoms with E-state index in [1.165, 1.54) is 19.2 Å². The number of esters is 2. The van der Waals surface area contributed by atoms with Gasteiger partial charge in [-0.1, -0.05) is 35.3 Å². The van der Waals surface area contributed by atoms with Crippen LogP contribution in [0.15, 0.2) is 48.5 Å². The maximum absolute atomic E-state index is 12.1. The highest BCUT2D eigenvalue weighted by atomic mass is 35.5. The average molecular weight is 413 g/mol. The molecule has 0 bridgehead atoms. The van der Waals surface area contributed by atoms with Crippen molar-refractivity contribution in [2.24, 2.45) is 0 Å². The molecule has 0 radical (unpaired) electrons. The quantitative estimate of drug-likeness (QED) is 0.457. The van der Waals surface area contributed by atoms with Crippen molar-refractivity contribution in [1.82, 2.24) is 0 Å². The van der Waals surface area contributed by atoms with Crippen LogP contribution in [0.5, 0.6) is 0 Å². The smallest absolute Gasteiger partial charge is 0.338 e. The van der Waals surface area contributed by atoms with Crippen LogP contribution >= 0.6 is 23.2 Å². The average Bonchev–Trinajstić information content (AvgIpc) is 2.66. The molecule has 0 unspecified atom stereocenters. The van der Waals surface area contributed by atoms with Crippen LogP contribution in [0.4, 0.5) is 0 Å². The molecule has 0 N–H and O–H groups in total. The van der Waals surface area contributed by atoms with Crippen LogP contribution in [0, 0.1) is 0 Å². The Morgan fingerprint density at radius 1 is 0.889 bits per heavy atom. The Labute approximate surface area is 166 Å². The van der Waals surface area contributed by atoms with E-state index < -0.39 is 18.0 Å². The van der Waals surface area contributed by atoms with E-state index in [1.54, 1.807) is 36.4 Å². The lowest BCUT2D eigenvalue weighted by Crippen LogP contribution is -2.29. The van der Waals surface area contributed by atoms with Crippen LogP contribution in [-0.4, -0.2) is 45.2 Å². The van der Waals surface area contributed by atoms with E-state index in [1.807, 2.05) is 0 Å². The first-order chi connectivity index (χ1) is 13.0. The molecule has 144 valence electrons. The number of methoxy groups -OCH3 is 1. The molecule has 0 saturated heterocycles. The number of hydrogen-bond donors (Lipinski definition) is 0. The largest absolute Gasteiger partial charge is 0.459 e. The number of carbonyl (C=O) groups excluding carboxylic acids is 2. The van der Waals surface area contributed by atoms with E-state index in [-0.39, 0.29) is 20.0 Å². The molecular weight excluding hydrogens is 395 g/mol. The molecule has 8 heteroatoms. The summed E-state index contributed by atoms with van der Waals surface area (Å²) in [6.45, 7) is -0.302. The molecule has 6 nitrogen and oxygen atoms in total. The Morgan fingerprint density at radius 3 is 1.78 bits per heavy atom. The Bertz CT molecular complexity index is 719. The maximum Gasteiger partial charge on any atom is 0.338 e. The SMILES string of the molecule is COCOC(COC(=O)c1cccc(Cl)c1)COC(=O)c1cccc(Cl)c1. The highest BCUT2D eigenvalue weighted by molar-refractivity contribution is 6.31. The third kappa shape index (κ3) is 7.19. The van der Waals surface area contributed by atoms with Crippen LogP contribution in [0.25, 0.3) is 0 Å². The van der Waals surface area contributed by atoms with Gasteiger partial charge in [0.2, 0.25) is 0 Å². The van der Waals surface area contributed by atoms with Crippen molar-refractivity contribution in [2.45, 2.75) is 6.10 Å². The lowest BCUT2D eigenvalue weighted by Gasteiger charge is -2.17. The monoisotopic (exact) mass is 412 g/mol. The molecule has 2 rings (SSSR count). The third-order valence-electron chi connectivity index (χ3n) is 3.34. The molecule has 0 spiro atoms. The van der Waals surface area contributed by atoms with Gasteiger partial charge in [0.25, 0.3) is 0 Å². The van der Waals surface area contributed by atoms with Gasteiger partial charge in [0.15, 0.2) is 0 Å². The van der Waals surface area contributed by atoms with E-state index in [0.29, 0.717) is 21.2 Å². The fourth-order valence-electron chi connectivity index (χ4n) is 2.04. The Kier molecular flexibility index (Phi) is 8.54. The minimum absolute atomic E-state index is 0.0475. The first-order valence-electron chi connectivity index (χ1n) is 7.95. The van der Waals surface area contributed by atoms with Gasteiger partial charge < -0.3 is 18.9 Å². The fourth-order valence-corrected chi connectivity index (χ4v) is 2.42. The molecule has 0 aliphatic heterocycles. The summed E-state index contributed by atoms with van der Waals surface area (Å²) >= 11 is 11.7. The predicted octanol–water partition coefficient (Wildman–Crippen LogP) is 4.00. The number of hydrogen-bond acceptors (Lipinski definition) is 6. The van der Waals surface area contributed by atoms with E-state index in [9.17, 15) is 9.59 Å². The van der Waals surface area contributed by atoms with Gasteiger partial charge in [0, 0.05) is 17.2 Å². The summed E-state index contributed by atoms with van der Waals surface area (Å²) in [5, 5.41) is 0.846. The fraction of sp³-hybridized carbons (Fsp3) is 0.263. The van der Waals surface area contributed by atoms with Crippen LogP contribution < -0.4 is 0 Å². The van der Waals surface area contributed by atoms with Gasteiger partial charge in [-0.25, -0.2) is 9.59 Å². The van der Waals surface area contributed by atoms with Gasteiger partial charge in [-0.05, 0) is 36.4 Å². The number of rotatable bonds is 9. The zero-order valence-corrected chi connectivity index (χ0v) is 16.0. The van der Waals surface area contributed by atoms with Gasteiger partial charge >= 0.3 is 11.9 Å². The van der Waals surface area contributed by atoms with Crippen molar-refractivity contribution in [1.29, 1.82) is 0 Å². The van der Waals surface area contributed by atoms with E-state index in [0.717, 1.165) is 0 Å². The van der Waals surface area contributed by atoms with Crippen molar-refractivity contribution in [3.8, 4) is 0 Å². The van der Waals surface area contributed by atoms with Crippen molar-refractivity contribution in [3.63, 3.8) is 0 Å². The van der Waals surface area contributed by atoms with Gasteiger partial charge in [0.1, 0.15) is 26.1 Å². The molecule has 27 heavy (non-hydrogen) atoms. The molecule has 0 atom stereocenters. The molecule has 0 heterocycles. The van der Waals surface area contributed by atoms with Crippen molar-refractivity contribution >= 4 is 35.1 Å². The zero-order chi connectivity index (χ0) is 19.6. The maximum atomic E-state index is 12.1. The number of ether oxygens (including phenoxy) is 4. The molecule has 0 aromatic heterocycles. The second-order valence-corrected chi connectivity index (χ2v) is 6.29. The summed E-state index contributed by atoms with van der Waals surface area (Å²) in [6.07, 6.45) is -0.698. The normalized spacial score (nSPS) is 10.7. The minimum Gasteiger partial charge on any atom is -0.459 e. The van der Waals surface area contributed by atoms with Gasteiger partial charge in [-0.2, -0.15) is 0 Å². The number of halogens is 2. The van der Waals surface area contributed by atoms with Crippen molar-refractivity contribution in [2.75, 3.05) is 27.1 Å². The second-order valence-electron chi connectivity index (χ2n) is 5.41. The Balaban J connectivity index is 1.90. The second kappa shape index (κ2) is 10.9. The summed E-state index contributed by atoms with van der Waals surface area (Å²) in [5.41, 5.74) is 0.618. The summed E-state index contributed by atoms with van der Waals surface area (Å²) in [7, 11) is 1.45. The van der Waals surface area contributed by atoms with Gasteiger partial charge in [-0.15, -0.1) is 0 Å². The minimum atomic E-state index is -0.698. The summed E-state index contributed by atoms with van der Waals surface area (Å²) in [4.78, 5) is 24.2. The molecule has 2 aromatic rings. The Hall–Kier alpha value is -2.12. The van der Waals surface area contributed by atoms with Gasteiger partial charge in [-0.3, -0.25) is 0 Å². The first-order valence-corrected chi connectivity index (χ1v) is 8.71. The first kappa shape index (κ1) is 21.2. The van der Waals surface area contributed by atoms with Crippen LogP contribution in [0.1, 0.15) is 20.7 Å². The van der Waals surface area contributed by atoms with E-state index >= 15 is 0 Å². The number of benzene rings is 2. The standard InChI is InChI=1S/C19H18Cl2O6/c1-24-12-27-17(10-25-18(22)13-4-2-6-15(20)8-13)11-26-19(23)14-5-3-7-16(21)9-14/h2-9,17H,10-12H2,1H3. The summed E-state index contributed by atoms with van der Waals surface area (Å²) < 4.78 is 20.6. The topological polar surface area (TPSA) is 71.1 Å². The van der Waals surface area contributed by atoms with E-state index in [4.69, 9.17) is 42.1 Å². The lowest BCUT2D eigenvalue weighted by atomic mass is 10.2. The highest BCUT2D eigenvalue weighted by Crippen LogP contribution is 2.13. The third-order valence-corrected chi connectivity index (χ3v) is 3.81. The molecule has 0 amide bonds.